The van der Waals surface area contributed by atoms with Crippen molar-refractivity contribution in [1.29, 1.82) is 0 Å². The van der Waals surface area contributed by atoms with Crippen molar-refractivity contribution >= 4 is 28.8 Å². The van der Waals surface area contributed by atoms with Gasteiger partial charge in [-0.1, -0.05) is 0 Å². The highest BCUT2D eigenvalue weighted by molar-refractivity contribution is 5.98. The lowest BCUT2D eigenvalue weighted by atomic mass is 10.2. The molecule has 0 saturated carbocycles. The molecule has 0 amide bonds. The maximum atomic E-state index is 11.5. The van der Waals surface area contributed by atoms with Gasteiger partial charge in [-0.2, -0.15) is 0 Å². The van der Waals surface area contributed by atoms with Gasteiger partial charge in [-0.15, -0.1) is 0 Å². The highest BCUT2D eigenvalue weighted by Gasteiger charge is 2.16. The van der Waals surface area contributed by atoms with Crippen molar-refractivity contribution in [2.45, 2.75) is 13.8 Å². The number of methoxy groups -OCH3 is 1. The van der Waals surface area contributed by atoms with Crippen molar-refractivity contribution in [3.05, 3.63) is 23.9 Å². The lowest BCUT2D eigenvalue weighted by molar-refractivity contribution is -0.132. The molecule has 0 unspecified atom stereocenters. The molecule has 0 saturated heterocycles. The summed E-state index contributed by atoms with van der Waals surface area (Å²) in [6.07, 6.45) is 0. The molecule has 0 aliphatic heterocycles. The van der Waals surface area contributed by atoms with Gasteiger partial charge in [-0.25, -0.2) is 4.79 Å². The number of rotatable bonds is 3. The number of aromatic nitrogens is 1. The Kier molecular flexibility index (Phi) is 3.93. The number of esters is 3. The van der Waals surface area contributed by atoms with Gasteiger partial charge in [0.2, 0.25) is 0 Å². The summed E-state index contributed by atoms with van der Waals surface area (Å²) in [5.74, 6) is -1.22. The molecule has 21 heavy (non-hydrogen) atoms. The fourth-order valence-corrected chi connectivity index (χ4v) is 1.86. The van der Waals surface area contributed by atoms with Gasteiger partial charge in [-0.05, 0) is 6.07 Å². The first-order valence-corrected chi connectivity index (χ1v) is 6.02. The maximum absolute atomic E-state index is 11.5. The first kappa shape index (κ1) is 14.6. The molecule has 0 bridgehead atoms. The third-order valence-corrected chi connectivity index (χ3v) is 2.59. The van der Waals surface area contributed by atoms with E-state index in [1.165, 1.54) is 39.2 Å². The Labute approximate surface area is 119 Å². The Morgan fingerprint density at radius 1 is 1.00 bits per heavy atom. The number of nitrogens with one attached hydrogen (secondary N) is 1. The SMILES string of the molecule is COC(=O)c1cc2c(OC(C)=O)cc(OC(C)=O)cc2[nH]1. The molecule has 7 nitrogen and oxygen atoms in total. The first-order chi connectivity index (χ1) is 9.90. The van der Waals surface area contributed by atoms with E-state index in [0.717, 1.165) is 0 Å². The molecule has 0 fully saturated rings. The fourth-order valence-electron chi connectivity index (χ4n) is 1.86. The molecule has 2 rings (SSSR count). The van der Waals surface area contributed by atoms with Gasteiger partial charge >= 0.3 is 17.9 Å². The minimum absolute atomic E-state index is 0.183. The van der Waals surface area contributed by atoms with Gasteiger partial charge in [0, 0.05) is 31.4 Å². The van der Waals surface area contributed by atoms with Crippen molar-refractivity contribution in [3.8, 4) is 11.5 Å². The van der Waals surface area contributed by atoms with E-state index in [0.29, 0.717) is 10.9 Å². The van der Waals surface area contributed by atoms with Crippen molar-refractivity contribution < 1.29 is 28.6 Å². The van der Waals surface area contributed by atoms with Gasteiger partial charge in [-0.3, -0.25) is 9.59 Å². The van der Waals surface area contributed by atoms with Crippen LogP contribution in [-0.4, -0.2) is 30.0 Å². The van der Waals surface area contributed by atoms with Crippen molar-refractivity contribution in [2.24, 2.45) is 0 Å². The molecule has 1 heterocycles. The second kappa shape index (κ2) is 5.66. The standard InChI is InChI=1S/C14H13NO6/c1-7(16)20-9-4-11-10(13(5-9)21-8(2)17)6-12(15-11)14(18)19-3/h4-6,15H,1-3H3. The van der Waals surface area contributed by atoms with Crippen LogP contribution in [0.4, 0.5) is 0 Å². The van der Waals surface area contributed by atoms with E-state index in [4.69, 9.17) is 9.47 Å². The molecule has 0 aliphatic carbocycles. The highest BCUT2D eigenvalue weighted by Crippen LogP contribution is 2.32. The van der Waals surface area contributed by atoms with Crippen LogP contribution in [0.1, 0.15) is 24.3 Å². The lowest BCUT2D eigenvalue weighted by Crippen LogP contribution is -2.04. The van der Waals surface area contributed by atoms with Gasteiger partial charge in [0.15, 0.2) is 0 Å². The van der Waals surface area contributed by atoms with Crippen molar-refractivity contribution in [1.82, 2.24) is 4.98 Å². The molecule has 0 atom stereocenters. The monoisotopic (exact) mass is 291 g/mol. The van der Waals surface area contributed by atoms with Crippen LogP contribution < -0.4 is 9.47 Å². The number of fused-ring (bicyclic) bond motifs is 1. The van der Waals surface area contributed by atoms with Crippen LogP contribution in [0.25, 0.3) is 10.9 Å². The van der Waals surface area contributed by atoms with Crippen LogP contribution in [0.2, 0.25) is 0 Å². The van der Waals surface area contributed by atoms with Crippen molar-refractivity contribution in [3.63, 3.8) is 0 Å². The Morgan fingerprint density at radius 2 is 1.67 bits per heavy atom. The first-order valence-electron chi connectivity index (χ1n) is 6.02. The normalized spacial score (nSPS) is 10.2. The van der Waals surface area contributed by atoms with E-state index in [-0.39, 0.29) is 17.2 Å². The summed E-state index contributed by atoms with van der Waals surface area (Å²) in [5, 5.41) is 0.501. The molecule has 2 aromatic rings. The number of benzene rings is 1. The molecular weight excluding hydrogens is 278 g/mol. The number of H-pyrrole nitrogens is 1. The molecule has 0 aliphatic rings. The van der Waals surface area contributed by atoms with E-state index in [1.807, 2.05) is 0 Å². The minimum Gasteiger partial charge on any atom is -0.464 e. The topological polar surface area (TPSA) is 94.7 Å². The Hall–Kier alpha value is -2.83. The Bertz CT molecular complexity index is 730. The van der Waals surface area contributed by atoms with Crippen LogP contribution in [0.5, 0.6) is 11.5 Å². The summed E-state index contributed by atoms with van der Waals surface area (Å²) in [4.78, 5) is 36.5. The highest BCUT2D eigenvalue weighted by atomic mass is 16.5. The zero-order valence-corrected chi connectivity index (χ0v) is 11.7. The van der Waals surface area contributed by atoms with Crippen LogP contribution >= 0.6 is 0 Å². The average Bonchev–Trinajstić information content (AvgIpc) is 2.80. The number of hydrogen-bond donors (Lipinski definition) is 1. The van der Waals surface area contributed by atoms with Crippen LogP contribution in [0.3, 0.4) is 0 Å². The maximum Gasteiger partial charge on any atom is 0.354 e. The third kappa shape index (κ3) is 3.19. The Morgan fingerprint density at radius 3 is 2.24 bits per heavy atom. The summed E-state index contributed by atoms with van der Waals surface area (Å²) >= 11 is 0. The molecular formula is C14H13NO6. The number of carbonyl (C=O) groups excluding carboxylic acids is 3. The van der Waals surface area contributed by atoms with E-state index in [1.54, 1.807) is 0 Å². The number of carbonyl (C=O) groups is 3. The molecule has 0 spiro atoms. The van der Waals surface area contributed by atoms with Crippen LogP contribution in [0.15, 0.2) is 18.2 Å². The van der Waals surface area contributed by atoms with Gasteiger partial charge in [0.05, 0.1) is 12.6 Å². The van der Waals surface area contributed by atoms with E-state index in [9.17, 15) is 14.4 Å². The van der Waals surface area contributed by atoms with Gasteiger partial charge in [0.1, 0.15) is 17.2 Å². The largest absolute Gasteiger partial charge is 0.464 e. The number of aromatic amines is 1. The number of ether oxygens (including phenoxy) is 3. The second-order valence-electron chi connectivity index (χ2n) is 4.24. The predicted molar refractivity (Wildman–Crippen MR) is 72.3 cm³/mol. The summed E-state index contributed by atoms with van der Waals surface area (Å²) < 4.78 is 14.7. The summed E-state index contributed by atoms with van der Waals surface area (Å²) in [5.41, 5.74) is 0.672. The van der Waals surface area contributed by atoms with Crippen LogP contribution in [0, 0.1) is 0 Å². The predicted octanol–water partition coefficient (Wildman–Crippen LogP) is 1.81. The molecule has 1 aromatic heterocycles. The van der Waals surface area contributed by atoms with Gasteiger partial charge < -0.3 is 19.2 Å². The summed E-state index contributed by atoms with van der Waals surface area (Å²) in [6.45, 7) is 2.50. The molecule has 0 radical (unpaired) electrons. The summed E-state index contributed by atoms with van der Waals surface area (Å²) in [6, 6.07) is 4.42. The zero-order valence-electron chi connectivity index (χ0n) is 11.7. The quantitative estimate of drug-likeness (QED) is 0.684. The zero-order chi connectivity index (χ0) is 15.6. The van der Waals surface area contributed by atoms with Crippen molar-refractivity contribution in [2.75, 3.05) is 7.11 Å². The lowest BCUT2D eigenvalue weighted by Gasteiger charge is -2.06. The fraction of sp³-hybridized carbons (Fsp3) is 0.214. The summed E-state index contributed by atoms with van der Waals surface area (Å²) in [7, 11) is 1.26. The Balaban J connectivity index is 2.58. The minimum atomic E-state index is -0.561. The smallest absolute Gasteiger partial charge is 0.354 e. The van der Waals surface area contributed by atoms with Gasteiger partial charge in [0.25, 0.3) is 0 Å². The molecule has 1 N–H and O–H groups in total. The van der Waals surface area contributed by atoms with E-state index < -0.39 is 17.9 Å². The second-order valence-corrected chi connectivity index (χ2v) is 4.24. The third-order valence-electron chi connectivity index (χ3n) is 2.59. The number of hydrogen-bond acceptors (Lipinski definition) is 6. The average molecular weight is 291 g/mol. The van der Waals surface area contributed by atoms with Crippen LogP contribution in [-0.2, 0) is 14.3 Å². The molecule has 1 aromatic carbocycles. The molecule has 110 valence electrons. The molecule has 7 heteroatoms. The van der Waals surface area contributed by atoms with E-state index in [2.05, 4.69) is 9.72 Å². The van der Waals surface area contributed by atoms with E-state index >= 15 is 0 Å².